The highest BCUT2D eigenvalue weighted by atomic mass is 79.9. The Balaban J connectivity index is 2.02. The Bertz CT molecular complexity index is 861. The van der Waals surface area contributed by atoms with Gasteiger partial charge in [-0.05, 0) is 60.0 Å². The lowest BCUT2D eigenvalue weighted by atomic mass is 10.3. The third-order valence-electron chi connectivity index (χ3n) is 2.80. The highest BCUT2D eigenvalue weighted by molar-refractivity contribution is 9.10. The van der Waals surface area contributed by atoms with Crippen LogP contribution < -0.4 is 4.74 Å². The lowest BCUT2D eigenvalue weighted by Gasteiger charge is -2.09. The summed E-state index contributed by atoms with van der Waals surface area (Å²) in [5, 5.41) is 0. The van der Waals surface area contributed by atoms with Crippen LogP contribution in [-0.4, -0.2) is 16.1 Å². The normalized spacial score (nSPS) is 10.5. The molecule has 2 aromatic heterocycles. The van der Waals surface area contributed by atoms with E-state index in [0.29, 0.717) is 22.7 Å². The van der Waals surface area contributed by atoms with Gasteiger partial charge < -0.3 is 9.15 Å². The summed E-state index contributed by atoms with van der Waals surface area (Å²) in [6, 6.07) is 7.46. The Labute approximate surface area is 136 Å². The van der Waals surface area contributed by atoms with Gasteiger partial charge in [-0.1, -0.05) is 5.92 Å². The number of benzene rings is 1. The third kappa shape index (κ3) is 3.12. The van der Waals surface area contributed by atoms with Crippen LogP contribution in [0.25, 0.3) is 11.1 Å². The molecular weight excluding hydrogens is 344 g/mol. The number of ether oxygens (including phenoxy) is 1. The summed E-state index contributed by atoms with van der Waals surface area (Å²) in [4.78, 5) is 8.45. The van der Waals surface area contributed by atoms with E-state index in [1.54, 1.807) is 12.4 Å². The second-order valence-electron chi connectivity index (χ2n) is 4.90. The molecule has 0 aliphatic carbocycles. The Kier molecular flexibility index (Phi) is 4.12. The topological polar surface area (TPSA) is 48.2 Å². The molecule has 0 saturated heterocycles. The zero-order valence-electron chi connectivity index (χ0n) is 12.1. The number of oxazole rings is 1. The van der Waals surface area contributed by atoms with E-state index in [2.05, 4.69) is 37.7 Å². The summed E-state index contributed by atoms with van der Waals surface area (Å²) < 4.78 is 12.3. The average Bonchev–Trinajstić information content (AvgIpc) is 2.94. The molecule has 0 N–H and O–H groups in total. The molecular formula is C17H13BrN2O2. The Morgan fingerprint density at radius 2 is 2.09 bits per heavy atom. The summed E-state index contributed by atoms with van der Waals surface area (Å²) >= 11 is 3.46. The number of fused-ring (bicyclic) bond motifs is 1. The number of halogens is 1. The van der Waals surface area contributed by atoms with Crippen molar-refractivity contribution in [2.24, 2.45) is 0 Å². The van der Waals surface area contributed by atoms with Crippen LogP contribution in [0.15, 0.2) is 45.5 Å². The molecule has 0 saturated carbocycles. The van der Waals surface area contributed by atoms with Crippen LogP contribution in [0.4, 0.5) is 0 Å². The van der Waals surface area contributed by atoms with Crippen LogP contribution in [0.1, 0.15) is 25.3 Å². The van der Waals surface area contributed by atoms with E-state index in [1.165, 1.54) is 0 Å². The lowest BCUT2D eigenvalue weighted by Crippen LogP contribution is -2.05. The minimum absolute atomic E-state index is 0.0611. The maximum absolute atomic E-state index is 5.76. The van der Waals surface area contributed by atoms with Crippen molar-refractivity contribution in [3.8, 4) is 17.6 Å². The first-order valence-electron chi connectivity index (χ1n) is 6.81. The van der Waals surface area contributed by atoms with Gasteiger partial charge in [-0.3, -0.25) is 4.98 Å². The first-order chi connectivity index (χ1) is 10.6. The number of hydrogen-bond donors (Lipinski definition) is 0. The molecule has 0 fully saturated rings. The number of rotatable bonds is 2. The van der Waals surface area contributed by atoms with E-state index < -0.39 is 0 Å². The predicted molar refractivity (Wildman–Crippen MR) is 87.7 cm³/mol. The highest BCUT2D eigenvalue weighted by Crippen LogP contribution is 2.32. The van der Waals surface area contributed by atoms with E-state index in [4.69, 9.17) is 9.15 Å². The van der Waals surface area contributed by atoms with E-state index >= 15 is 0 Å². The smallest absolute Gasteiger partial charge is 0.274 e. The second kappa shape index (κ2) is 6.20. The van der Waals surface area contributed by atoms with Gasteiger partial charge in [0.2, 0.25) is 0 Å². The molecule has 0 spiro atoms. The summed E-state index contributed by atoms with van der Waals surface area (Å²) in [7, 11) is 0. The Morgan fingerprint density at radius 1 is 1.23 bits per heavy atom. The Morgan fingerprint density at radius 3 is 2.82 bits per heavy atom. The van der Waals surface area contributed by atoms with Gasteiger partial charge in [-0.2, -0.15) is 4.98 Å². The largest absolute Gasteiger partial charge is 0.489 e. The van der Waals surface area contributed by atoms with Gasteiger partial charge in [0.15, 0.2) is 11.1 Å². The van der Waals surface area contributed by atoms with Gasteiger partial charge in [0.25, 0.3) is 5.89 Å². The van der Waals surface area contributed by atoms with Crippen LogP contribution in [-0.2, 0) is 0 Å². The van der Waals surface area contributed by atoms with Crippen molar-refractivity contribution in [2.75, 3.05) is 0 Å². The fourth-order valence-electron chi connectivity index (χ4n) is 1.92. The molecule has 4 nitrogen and oxygen atoms in total. The van der Waals surface area contributed by atoms with Gasteiger partial charge >= 0.3 is 0 Å². The van der Waals surface area contributed by atoms with E-state index in [1.807, 2.05) is 38.1 Å². The molecule has 0 aliphatic rings. The maximum atomic E-state index is 5.76. The first-order valence-corrected chi connectivity index (χ1v) is 7.60. The first kappa shape index (κ1) is 14.6. The molecule has 3 aromatic rings. The molecule has 110 valence electrons. The highest BCUT2D eigenvalue weighted by Gasteiger charge is 2.14. The summed E-state index contributed by atoms with van der Waals surface area (Å²) in [6.45, 7) is 3.94. The van der Waals surface area contributed by atoms with Crippen molar-refractivity contribution in [1.82, 2.24) is 9.97 Å². The van der Waals surface area contributed by atoms with Gasteiger partial charge in [-0.15, -0.1) is 0 Å². The Hall–Kier alpha value is -2.32. The fraction of sp³-hybridized carbons (Fsp3) is 0.176. The maximum Gasteiger partial charge on any atom is 0.274 e. The summed E-state index contributed by atoms with van der Waals surface area (Å²) in [6.07, 6.45) is 3.46. The molecule has 0 radical (unpaired) electrons. The SMILES string of the molecule is CC(C)Oc1ccc(Br)c2oc(C#Cc3cccnc3)nc12. The van der Waals surface area contributed by atoms with E-state index in [-0.39, 0.29) is 6.10 Å². The molecule has 0 bridgehead atoms. The molecule has 0 aliphatic heterocycles. The van der Waals surface area contributed by atoms with Crippen LogP contribution in [0.2, 0.25) is 0 Å². The zero-order valence-corrected chi connectivity index (χ0v) is 13.7. The summed E-state index contributed by atoms with van der Waals surface area (Å²) in [5.74, 6) is 6.92. The number of aromatic nitrogens is 2. The molecule has 3 rings (SSSR count). The van der Waals surface area contributed by atoms with Crippen LogP contribution >= 0.6 is 15.9 Å². The van der Waals surface area contributed by atoms with Crippen molar-refractivity contribution in [1.29, 1.82) is 0 Å². The fourth-order valence-corrected chi connectivity index (χ4v) is 2.32. The second-order valence-corrected chi connectivity index (χ2v) is 5.75. The molecule has 1 aromatic carbocycles. The molecule has 0 atom stereocenters. The quantitative estimate of drug-likeness (QED) is 0.646. The monoisotopic (exact) mass is 356 g/mol. The number of pyridine rings is 1. The standard InChI is InChI=1S/C17H13BrN2O2/c1-11(2)21-14-7-6-13(18)17-16(14)20-15(22-17)8-5-12-4-3-9-19-10-12/h3-4,6-7,9-11H,1-2H3. The number of nitrogens with zero attached hydrogens (tertiary/aromatic N) is 2. The van der Waals surface area contributed by atoms with Crippen LogP contribution in [0.3, 0.4) is 0 Å². The lowest BCUT2D eigenvalue weighted by molar-refractivity contribution is 0.245. The molecule has 0 unspecified atom stereocenters. The van der Waals surface area contributed by atoms with E-state index in [0.717, 1.165) is 10.0 Å². The minimum Gasteiger partial charge on any atom is -0.489 e. The zero-order chi connectivity index (χ0) is 15.5. The molecule has 22 heavy (non-hydrogen) atoms. The minimum atomic E-state index is 0.0611. The van der Waals surface area contributed by atoms with Gasteiger partial charge in [0.1, 0.15) is 5.75 Å². The van der Waals surface area contributed by atoms with Gasteiger partial charge in [0, 0.05) is 18.0 Å². The van der Waals surface area contributed by atoms with E-state index in [9.17, 15) is 0 Å². The van der Waals surface area contributed by atoms with Crippen molar-refractivity contribution >= 4 is 27.0 Å². The predicted octanol–water partition coefficient (Wildman–Crippen LogP) is 4.17. The molecule has 0 amide bonds. The number of hydrogen-bond acceptors (Lipinski definition) is 4. The van der Waals surface area contributed by atoms with Crippen molar-refractivity contribution in [2.45, 2.75) is 20.0 Å². The van der Waals surface area contributed by atoms with Crippen molar-refractivity contribution in [3.05, 3.63) is 52.6 Å². The summed E-state index contributed by atoms with van der Waals surface area (Å²) in [5.41, 5.74) is 2.11. The third-order valence-corrected chi connectivity index (χ3v) is 3.42. The molecule has 2 heterocycles. The van der Waals surface area contributed by atoms with Gasteiger partial charge in [0.05, 0.1) is 10.6 Å². The van der Waals surface area contributed by atoms with Crippen LogP contribution in [0, 0.1) is 11.8 Å². The van der Waals surface area contributed by atoms with Crippen LogP contribution in [0.5, 0.6) is 5.75 Å². The van der Waals surface area contributed by atoms with Gasteiger partial charge in [-0.25, -0.2) is 0 Å². The average molecular weight is 357 g/mol. The molecule has 5 heteroatoms. The van der Waals surface area contributed by atoms with Crippen molar-refractivity contribution in [3.63, 3.8) is 0 Å². The van der Waals surface area contributed by atoms with Crippen molar-refractivity contribution < 1.29 is 9.15 Å².